The lowest BCUT2D eigenvalue weighted by molar-refractivity contribution is -0.119. The molecule has 1 aromatic carbocycles. The second kappa shape index (κ2) is 6.87. The molecule has 1 unspecified atom stereocenters. The van der Waals surface area contributed by atoms with Crippen molar-refractivity contribution in [1.29, 1.82) is 0 Å². The first-order chi connectivity index (χ1) is 11.9. The summed E-state index contributed by atoms with van der Waals surface area (Å²) in [7, 11) is 0. The number of carbonyl (C=O) groups is 1. The zero-order chi connectivity index (χ0) is 18.0. The van der Waals surface area contributed by atoms with E-state index in [-0.39, 0.29) is 17.9 Å². The molecule has 1 aromatic heterocycles. The molecule has 0 saturated heterocycles. The minimum Gasteiger partial charge on any atom is -0.349 e. The summed E-state index contributed by atoms with van der Waals surface area (Å²) in [5, 5.41) is 6.47. The first-order valence-corrected chi connectivity index (χ1v) is 8.22. The number of benzene rings is 1. The van der Waals surface area contributed by atoms with Gasteiger partial charge in [0.15, 0.2) is 5.82 Å². The topological polar surface area (TPSA) is 94.0 Å². The van der Waals surface area contributed by atoms with Crippen LogP contribution in [-0.4, -0.2) is 16.0 Å². The van der Waals surface area contributed by atoms with E-state index in [9.17, 15) is 13.6 Å². The Morgan fingerprint density at radius 1 is 1.36 bits per heavy atom. The molecule has 0 bridgehead atoms. The Bertz CT molecular complexity index is 752. The summed E-state index contributed by atoms with van der Waals surface area (Å²) >= 11 is 0. The van der Waals surface area contributed by atoms with Crippen molar-refractivity contribution in [3.63, 3.8) is 0 Å². The van der Waals surface area contributed by atoms with Gasteiger partial charge in [-0.2, -0.15) is 4.98 Å². The highest BCUT2D eigenvalue weighted by molar-refractivity contribution is 5.73. The molecule has 3 N–H and O–H groups in total. The van der Waals surface area contributed by atoms with Gasteiger partial charge in [0.1, 0.15) is 11.6 Å². The number of carbonyl (C=O) groups excluding carboxylic acids is 1. The highest BCUT2D eigenvalue weighted by Crippen LogP contribution is 2.35. The van der Waals surface area contributed by atoms with Crippen molar-refractivity contribution in [2.24, 2.45) is 5.73 Å². The molecule has 0 radical (unpaired) electrons. The predicted octanol–water partition coefficient (Wildman–Crippen LogP) is 2.50. The zero-order valence-electron chi connectivity index (χ0n) is 13.9. The van der Waals surface area contributed by atoms with Crippen molar-refractivity contribution in [2.45, 2.75) is 50.6 Å². The van der Waals surface area contributed by atoms with Crippen LogP contribution in [0.4, 0.5) is 8.78 Å². The van der Waals surface area contributed by atoms with Crippen LogP contribution in [0.25, 0.3) is 0 Å². The minimum absolute atomic E-state index is 0.0273. The van der Waals surface area contributed by atoms with Crippen molar-refractivity contribution in [2.75, 3.05) is 0 Å². The maximum atomic E-state index is 14.1. The molecule has 1 fully saturated rings. The second-order valence-corrected chi connectivity index (χ2v) is 6.47. The summed E-state index contributed by atoms with van der Waals surface area (Å²) in [4.78, 5) is 15.8. The molecule has 3 rings (SSSR count). The number of nitrogens with two attached hydrogens (primary N) is 1. The Balaban J connectivity index is 1.86. The molecule has 134 valence electrons. The maximum Gasteiger partial charge on any atom is 0.229 e. The van der Waals surface area contributed by atoms with Gasteiger partial charge in [0.2, 0.25) is 11.8 Å². The highest BCUT2D eigenvalue weighted by Gasteiger charge is 2.36. The quantitative estimate of drug-likeness (QED) is 0.864. The molecule has 1 saturated carbocycles. The number of nitrogens with zero attached hydrogens (tertiary/aromatic N) is 2. The lowest BCUT2D eigenvalue weighted by atomic mass is 9.98. The predicted molar refractivity (Wildman–Crippen MR) is 85.3 cm³/mol. The normalized spacial score (nSPS) is 17.4. The summed E-state index contributed by atoms with van der Waals surface area (Å²) in [5.41, 5.74) is 5.44. The van der Waals surface area contributed by atoms with Crippen LogP contribution in [0.5, 0.6) is 0 Å². The van der Waals surface area contributed by atoms with Crippen molar-refractivity contribution in [1.82, 2.24) is 15.5 Å². The largest absolute Gasteiger partial charge is 0.349 e. The van der Waals surface area contributed by atoms with Crippen LogP contribution in [-0.2, 0) is 16.8 Å². The standard InChI is InChI=1S/C17H20F2N4O2/c1-10(24)21-13(15-11(18)5-4-6-12(15)19)9-14-22-16(23-25-14)17(20)7-2-3-8-17/h4-6,13H,2-3,7-9,20H2,1H3,(H,21,24). The van der Waals surface area contributed by atoms with Gasteiger partial charge in [-0.1, -0.05) is 24.1 Å². The molecule has 0 aliphatic heterocycles. The molecule has 1 aliphatic carbocycles. The Kier molecular flexibility index (Phi) is 4.80. The van der Waals surface area contributed by atoms with Gasteiger partial charge in [0, 0.05) is 12.5 Å². The van der Waals surface area contributed by atoms with Crippen LogP contribution in [0.3, 0.4) is 0 Å². The number of amides is 1. The number of halogens is 2. The van der Waals surface area contributed by atoms with Crippen molar-refractivity contribution >= 4 is 5.91 Å². The number of hydrogen-bond acceptors (Lipinski definition) is 5. The molecule has 0 spiro atoms. The lowest BCUT2D eigenvalue weighted by Crippen LogP contribution is -2.34. The molecule has 1 atom stereocenters. The van der Waals surface area contributed by atoms with E-state index >= 15 is 0 Å². The molecule has 1 amide bonds. The number of rotatable bonds is 5. The summed E-state index contributed by atoms with van der Waals surface area (Å²) in [6, 6.07) is 2.59. The molecule has 1 heterocycles. The molecule has 1 aliphatic rings. The van der Waals surface area contributed by atoms with Gasteiger partial charge in [-0.05, 0) is 25.0 Å². The molecule has 2 aromatic rings. The summed E-state index contributed by atoms with van der Waals surface area (Å²) < 4.78 is 33.4. The van der Waals surface area contributed by atoms with E-state index < -0.39 is 29.1 Å². The number of hydrogen-bond donors (Lipinski definition) is 2. The third-order valence-electron chi connectivity index (χ3n) is 4.51. The van der Waals surface area contributed by atoms with E-state index in [0.29, 0.717) is 5.82 Å². The zero-order valence-corrected chi connectivity index (χ0v) is 13.9. The summed E-state index contributed by atoms with van der Waals surface area (Å²) in [6.45, 7) is 1.28. The van der Waals surface area contributed by atoms with Crippen LogP contribution in [0.15, 0.2) is 22.7 Å². The van der Waals surface area contributed by atoms with E-state index in [4.69, 9.17) is 10.3 Å². The van der Waals surface area contributed by atoms with Gasteiger partial charge in [-0.25, -0.2) is 8.78 Å². The summed E-state index contributed by atoms with van der Waals surface area (Å²) in [6.07, 6.45) is 3.50. The van der Waals surface area contributed by atoms with Crippen LogP contribution in [0, 0.1) is 11.6 Å². The fraction of sp³-hybridized carbons (Fsp3) is 0.471. The Morgan fingerprint density at radius 2 is 2.00 bits per heavy atom. The van der Waals surface area contributed by atoms with Crippen molar-refractivity contribution in [3.05, 3.63) is 47.1 Å². The lowest BCUT2D eigenvalue weighted by Gasteiger charge is -2.18. The van der Waals surface area contributed by atoms with Crippen LogP contribution < -0.4 is 11.1 Å². The fourth-order valence-corrected chi connectivity index (χ4v) is 3.26. The van der Waals surface area contributed by atoms with Gasteiger partial charge in [-0.15, -0.1) is 0 Å². The van der Waals surface area contributed by atoms with E-state index in [1.165, 1.54) is 13.0 Å². The second-order valence-electron chi connectivity index (χ2n) is 6.47. The van der Waals surface area contributed by atoms with Gasteiger partial charge >= 0.3 is 0 Å². The minimum atomic E-state index is -0.954. The van der Waals surface area contributed by atoms with Gasteiger partial charge in [0.05, 0.1) is 18.0 Å². The Morgan fingerprint density at radius 3 is 2.60 bits per heavy atom. The first kappa shape index (κ1) is 17.5. The molecular formula is C17H20F2N4O2. The van der Waals surface area contributed by atoms with E-state index in [0.717, 1.165) is 37.8 Å². The SMILES string of the molecule is CC(=O)NC(Cc1nc(C2(N)CCCC2)no1)c1c(F)cccc1F. The Hall–Kier alpha value is -2.35. The van der Waals surface area contributed by atoms with E-state index in [1.807, 2.05) is 0 Å². The van der Waals surface area contributed by atoms with Crippen LogP contribution in [0.1, 0.15) is 55.9 Å². The van der Waals surface area contributed by atoms with Gasteiger partial charge in [-0.3, -0.25) is 4.79 Å². The third-order valence-corrected chi connectivity index (χ3v) is 4.51. The van der Waals surface area contributed by atoms with Crippen molar-refractivity contribution in [3.8, 4) is 0 Å². The average molecular weight is 350 g/mol. The monoisotopic (exact) mass is 350 g/mol. The van der Waals surface area contributed by atoms with Crippen LogP contribution in [0.2, 0.25) is 0 Å². The summed E-state index contributed by atoms with van der Waals surface area (Å²) in [5.74, 6) is -1.34. The first-order valence-electron chi connectivity index (χ1n) is 8.22. The highest BCUT2D eigenvalue weighted by atomic mass is 19.1. The van der Waals surface area contributed by atoms with E-state index in [2.05, 4.69) is 15.5 Å². The smallest absolute Gasteiger partial charge is 0.229 e. The molecule has 8 heteroatoms. The third kappa shape index (κ3) is 3.68. The van der Waals surface area contributed by atoms with Crippen molar-refractivity contribution < 1.29 is 18.1 Å². The van der Waals surface area contributed by atoms with Gasteiger partial charge in [0.25, 0.3) is 0 Å². The molecule has 25 heavy (non-hydrogen) atoms. The molecular weight excluding hydrogens is 330 g/mol. The average Bonchev–Trinajstić information content (AvgIpc) is 3.16. The fourth-order valence-electron chi connectivity index (χ4n) is 3.26. The number of aromatic nitrogens is 2. The Labute approximate surface area is 143 Å². The van der Waals surface area contributed by atoms with Crippen LogP contribution >= 0.6 is 0 Å². The van der Waals surface area contributed by atoms with E-state index in [1.54, 1.807) is 0 Å². The molecule has 6 nitrogen and oxygen atoms in total. The van der Waals surface area contributed by atoms with Gasteiger partial charge < -0.3 is 15.6 Å². The number of nitrogens with one attached hydrogen (secondary N) is 1. The maximum absolute atomic E-state index is 14.1.